The molecule has 66 heavy (non-hydrogen) atoms. The Hall–Kier alpha value is -8.72. The first-order valence-corrected chi connectivity index (χ1v) is 22.9. The number of fused-ring (bicyclic) bond motifs is 11. The van der Waals surface area contributed by atoms with Gasteiger partial charge in [-0.05, 0) is 137 Å². The maximum absolute atomic E-state index is 2.51. The van der Waals surface area contributed by atoms with E-state index in [0.717, 1.165) is 11.4 Å². The molecule has 0 fully saturated rings. The summed E-state index contributed by atoms with van der Waals surface area (Å²) in [6, 6.07) is 89.7. The fraction of sp³-hybridized carbons (Fsp3) is 0. The molecule has 0 bridgehead atoms. The highest BCUT2D eigenvalue weighted by atomic mass is 15.0. The lowest BCUT2D eigenvalue weighted by molar-refractivity contribution is 1.18. The summed E-state index contributed by atoms with van der Waals surface area (Å²) >= 11 is 0. The molecule has 0 aliphatic heterocycles. The summed E-state index contributed by atoms with van der Waals surface area (Å²) in [6.07, 6.45) is 0. The van der Waals surface area contributed by atoms with E-state index >= 15 is 0 Å². The van der Waals surface area contributed by atoms with E-state index in [4.69, 9.17) is 0 Å². The second-order valence-electron chi connectivity index (χ2n) is 17.5. The summed E-state index contributed by atoms with van der Waals surface area (Å²) in [6.45, 7) is 0. The van der Waals surface area contributed by atoms with Crippen molar-refractivity contribution in [3.8, 4) is 44.8 Å². The summed E-state index contributed by atoms with van der Waals surface area (Å²) < 4.78 is 4.85. The van der Waals surface area contributed by atoms with Gasteiger partial charge < -0.3 is 9.13 Å². The third-order valence-electron chi connectivity index (χ3n) is 14.1. The highest BCUT2D eigenvalue weighted by Crippen LogP contribution is 2.49. The number of benzene rings is 12. The zero-order valence-electron chi connectivity index (χ0n) is 36.0. The van der Waals surface area contributed by atoms with E-state index in [1.807, 2.05) is 0 Å². The molecule has 0 amide bonds. The number of rotatable bonds is 5. The monoisotopic (exact) mass is 836 g/mol. The van der Waals surface area contributed by atoms with Gasteiger partial charge in [0, 0.05) is 32.9 Å². The Morgan fingerprint density at radius 2 is 0.606 bits per heavy atom. The smallest absolute Gasteiger partial charge is 0.0547 e. The van der Waals surface area contributed by atoms with Crippen LogP contribution in [0.25, 0.3) is 131 Å². The summed E-state index contributed by atoms with van der Waals surface area (Å²) in [5, 5.41) is 15.0. The predicted octanol–water partition coefficient (Wildman–Crippen LogP) is 17.5. The summed E-state index contributed by atoms with van der Waals surface area (Å²) in [5.41, 5.74) is 14.5. The molecule has 0 N–H and O–H groups in total. The SMILES string of the molecule is c1ccc(-n2c3ccccc3c3c(-c4cccc5c(-c6cc7ccccc7c7ccccc67)c6cccc(-c7cccc8c7c7ccccc7n8-c7ccccc7)c6cc45)cccc32)cc1. The van der Waals surface area contributed by atoms with Crippen molar-refractivity contribution >= 4 is 86.7 Å². The fourth-order valence-electron chi connectivity index (χ4n) is 11.4. The number of aromatic nitrogens is 2. The molecule has 306 valence electrons. The molecule has 0 radical (unpaired) electrons. The van der Waals surface area contributed by atoms with Crippen LogP contribution in [-0.4, -0.2) is 9.13 Å². The molecule has 0 unspecified atom stereocenters. The molecule has 2 nitrogen and oxygen atoms in total. The van der Waals surface area contributed by atoms with Crippen LogP contribution < -0.4 is 0 Å². The third-order valence-corrected chi connectivity index (χ3v) is 14.1. The largest absolute Gasteiger partial charge is 0.309 e. The summed E-state index contributed by atoms with van der Waals surface area (Å²) in [5.74, 6) is 0. The topological polar surface area (TPSA) is 9.86 Å². The van der Waals surface area contributed by atoms with Gasteiger partial charge in [-0.3, -0.25) is 0 Å². The van der Waals surface area contributed by atoms with Crippen molar-refractivity contribution in [1.29, 1.82) is 0 Å². The Balaban J connectivity index is 1.14. The average Bonchev–Trinajstić information content (AvgIpc) is 3.91. The van der Waals surface area contributed by atoms with Crippen LogP contribution in [0.2, 0.25) is 0 Å². The highest BCUT2D eigenvalue weighted by molar-refractivity contribution is 6.27. The van der Waals surface area contributed by atoms with Crippen molar-refractivity contribution in [2.45, 2.75) is 0 Å². The zero-order valence-corrected chi connectivity index (χ0v) is 36.0. The van der Waals surface area contributed by atoms with Crippen LogP contribution >= 0.6 is 0 Å². The molecule has 2 heterocycles. The Bertz CT molecular complexity index is 4050. The molecular formula is C64H40N2. The number of nitrogens with zero attached hydrogens (tertiary/aromatic N) is 2. The summed E-state index contributed by atoms with van der Waals surface area (Å²) in [4.78, 5) is 0. The van der Waals surface area contributed by atoms with E-state index in [2.05, 4.69) is 252 Å². The van der Waals surface area contributed by atoms with E-state index < -0.39 is 0 Å². The van der Waals surface area contributed by atoms with Gasteiger partial charge in [0.1, 0.15) is 0 Å². The third kappa shape index (κ3) is 5.30. The molecule has 14 aromatic rings. The van der Waals surface area contributed by atoms with Crippen LogP contribution in [-0.2, 0) is 0 Å². The first kappa shape index (κ1) is 36.7. The second kappa shape index (κ2) is 14.4. The van der Waals surface area contributed by atoms with Gasteiger partial charge in [-0.25, -0.2) is 0 Å². The quantitative estimate of drug-likeness (QED) is 0.121. The minimum atomic E-state index is 1.16. The Kier molecular flexibility index (Phi) is 8.02. The van der Waals surface area contributed by atoms with Crippen molar-refractivity contribution in [2.75, 3.05) is 0 Å². The maximum Gasteiger partial charge on any atom is 0.0547 e. The van der Waals surface area contributed by atoms with Gasteiger partial charge in [0.2, 0.25) is 0 Å². The highest BCUT2D eigenvalue weighted by Gasteiger charge is 2.23. The van der Waals surface area contributed by atoms with Crippen molar-refractivity contribution in [3.63, 3.8) is 0 Å². The normalized spacial score (nSPS) is 11.9. The van der Waals surface area contributed by atoms with Crippen LogP contribution in [0.5, 0.6) is 0 Å². The lowest BCUT2D eigenvalue weighted by Crippen LogP contribution is -1.94. The van der Waals surface area contributed by atoms with Crippen LogP contribution in [0, 0.1) is 0 Å². The molecule has 0 saturated heterocycles. The molecule has 0 aliphatic carbocycles. The van der Waals surface area contributed by atoms with Gasteiger partial charge in [-0.1, -0.05) is 182 Å². The van der Waals surface area contributed by atoms with Crippen LogP contribution in [0.1, 0.15) is 0 Å². The lowest BCUT2D eigenvalue weighted by atomic mass is 9.83. The van der Waals surface area contributed by atoms with E-state index in [1.54, 1.807) is 0 Å². The van der Waals surface area contributed by atoms with Crippen molar-refractivity contribution in [3.05, 3.63) is 243 Å². The van der Waals surface area contributed by atoms with Gasteiger partial charge in [0.15, 0.2) is 0 Å². The molecule has 0 aliphatic rings. The molecule has 14 rings (SSSR count). The fourth-order valence-corrected chi connectivity index (χ4v) is 11.4. The zero-order chi connectivity index (χ0) is 43.3. The summed E-state index contributed by atoms with van der Waals surface area (Å²) in [7, 11) is 0. The maximum atomic E-state index is 2.51. The Morgan fingerprint density at radius 3 is 1.15 bits per heavy atom. The molecule has 0 saturated carbocycles. The minimum Gasteiger partial charge on any atom is -0.309 e. The standard InChI is InChI=1S/C64H40N2/c1-3-20-42(21-4-1)65-58-35-13-11-27-53(58)63-49(33-17-37-60(63)65)47-29-15-31-51-55(47)40-56-48(50-34-18-38-61-64(50)54-28-12-14-36-59(54)66(61)43-22-5-2-6-23-43)30-16-32-52(56)62(51)57-39-41-19-7-8-24-44(41)45-25-9-10-26-46(45)57/h1-40H. The van der Waals surface area contributed by atoms with Gasteiger partial charge in [0.25, 0.3) is 0 Å². The Morgan fingerprint density at radius 1 is 0.212 bits per heavy atom. The van der Waals surface area contributed by atoms with E-state index in [-0.39, 0.29) is 0 Å². The Labute approximate surface area is 381 Å². The average molecular weight is 837 g/mol. The van der Waals surface area contributed by atoms with Gasteiger partial charge in [0.05, 0.1) is 22.1 Å². The molecule has 2 aromatic heterocycles. The van der Waals surface area contributed by atoms with Gasteiger partial charge in [-0.2, -0.15) is 0 Å². The predicted molar refractivity (Wildman–Crippen MR) is 281 cm³/mol. The lowest BCUT2D eigenvalue weighted by Gasteiger charge is -2.20. The number of hydrogen-bond donors (Lipinski definition) is 0. The first-order chi connectivity index (χ1) is 32.8. The number of hydrogen-bond acceptors (Lipinski definition) is 0. The van der Waals surface area contributed by atoms with Gasteiger partial charge >= 0.3 is 0 Å². The molecule has 2 heteroatoms. The van der Waals surface area contributed by atoms with Crippen LogP contribution in [0.4, 0.5) is 0 Å². The van der Waals surface area contributed by atoms with Crippen LogP contribution in [0.15, 0.2) is 243 Å². The molecule has 12 aromatic carbocycles. The molecular weight excluding hydrogens is 797 g/mol. The van der Waals surface area contributed by atoms with Gasteiger partial charge in [-0.15, -0.1) is 0 Å². The molecule has 0 spiro atoms. The minimum absolute atomic E-state index is 1.16. The van der Waals surface area contributed by atoms with Crippen molar-refractivity contribution in [1.82, 2.24) is 9.13 Å². The molecule has 0 atom stereocenters. The van der Waals surface area contributed by atoms with Crippen molar-refractivity contribution in [2.24, 2.45) is 0 Å². The van der Waals surface area contributed by atoms with E-state index in [0.29, 0.717) is 0 Å². The number of para-hydroxylation sites is 4. The van der Waals surface area contributed by atoms with E-state index in [9.17, 15) is 0 Å². The van der Waals surface area contributed by atoms with Crippen LogP contribution in [0.3, 0.4) is 0 Å². The van der Waals surface area contributed by atoms with Crippen molar-refractivity contribution < 1.29 is 0 Å². The van der Waals surface area contributed by atoms with E-state index in [1.165, 1.54) is 120 Å². The first-order valence-electron chi connectivity index (χ1n) is 22.9. The second-order valence-corrected chi connectivity index (χ2v) is 17.5.